The summed E-state index contributed by atoms with van der Waals surface area (Å²) in [6, 6.07) is 8.02. The van der Waals surface area contributed by atoms with Crippen LogP contribution < -0.4 is 5.32 Å². The van der Waals surface area contributed by atoms with Gasteiger partial charge in [0.25, 0.3) is 0 Å². The summed E-state index contributed by atoms with van der Waals surface area (Å²) in [7, 11) is 0. The number of aromatic nitrogens is 2. The predicted molar refractivity (Wildman–Crippen MR) is 65.3 cm³/mol. The number of hydrogen-bond acceptors (Lipinski definition) is 3. The molecule has 2 heterocycles. The van der Waals surface area contributed by atoms with Gasteiger partial charge >= 0.3 is 0 Å². The molecule has 2 aromatic rings. The van der Waals surface area contributed by atoms with Crippen LogP contribution in [0.25, 0.3) is 0 Å². The number of pyridine rings is 2. The van der Waals surface area contributed by atoms with Crippen molar-refractivity contribution in [3.05, 3.63) is 53.5 Å². The molecule has 0 saturated carbocycles. The molecule has 0 unspecified atom stereocenters. The monoisotopic (exact) mass is 213 g/mol. The second kappa shape index (κ2) is 4.75. The van der Waals surface area contributed by atoms with E-state index in [0.29, 0.717) is 0 Å². The highest BCUT2D eigenvalue weighted by Crippen LogP contribution is 2.12. The Labute approximate surface area is 95.6 Å². The van der Waals surface area contributed by atoms with Crippen LogP contribution >= 0.6 is 0 Å². The van der Waals surface area contributed by atoms with Crippen LogP contribution in [0.4, 0.5) is 5.82 Å². The number of nitrogens with zero attached hydrogens (tertiary/aromatic N) is 2. The summed E-state index contributed by atoms with van der Waals surface area (Å²) >= 11 is 0. The van der Waals surface area contributed by atoms with Crippen molar-refractivity contribution in [1.82, 2.24) is 9.97 Å². The third-order valence-corrected chi connectivity index (χ3v) is 2.57. The number of rotatable bonds is 3. The lowest BCUT2D eigenvalue weighted by Gasteiger charge is -2.09. The Balaban J connectivity index is 2.09. The normalized spacial score (nSPS) is 10.1. The van der Waals surface area contributed by atoms with E-state index in [9.17, 15) is 0 Å². The van der Waals surface area contributed by atoms with Gasteiger partial charge in [0, 0.05) is 24.6 Å². The Hall–Kier alpha value is -1.90. The summed E-state index contributed by atoms with van der Waals surface area (Å²) in [5, 5.41) is 3.32. The van der Waals surface area contributed by atoms with Crippen molar-refractivity contribution >= 4 is 5.82 Å². The van der Waals surface area contributed by atoms with E-state index in [1.165, 1.54) is 5.56 Å². The molecule has 0 spiro atoms. The minimum atomic E-state index is 0.761. The van der Waals surface area contributed by atoms with Gasteiger partial charge in [-0.05, 0) is 37.1 Å². The predicted octanol–water partition coefficient (Wildman–Crippen LogP) is 2.71. The summed E-state index contributed by atoms with van der Waals surface area (Å²) in [6.45, 7) is 4.82. The minimum Gasteiger partial charge on any atom is -0.366 e. The third kappa shape index (κ3) is 2.37. The Morgan fingerprint density at radius 3 is 2.56 bits per heavy atom. The summed E-state index contributed by atoms with van der Waals surface area (Å²) in [5.74, 6) is 0.936. The Bertz CT molecular complexity index is 435. The zero-order valence-electron chi connectivity index (χ0n) is 9.57. The van der Waals surface area contributed by atoms with E-state index < -0.39 is 0 Å². The van der Waals surface area contributed by atoms with Crippen molar-refractivity contribution in [1.29, 1.82) is 0 Å². The van der Waals surface area contributed by atoms with Gasteiger partial charge in [0.2, 0.25) is 0 Å². The first kappa shape index (κ1) is 10.6. The number of hydrogen-bond donors (Lipinski definition) is 1. The molecular formula is C13H15N3. The van der Waals surface area contributed by atoms with Crippen LogP contribution in [0, 0.1) is 13.8 Å². The first-order valence-electron chi connectivity index (χ1n) is 5.33. The Morgan fingerprint density at radius 1 is 1.06 bits per heavy atom. The fraction of sp³-hybridized carbons (Fsp3) is 0.231. The third-order valence-electron chi connectivity index (χ3n) is 2.57. The highest BCUT2D eigenvalue weighted by atomic mass is 15.0. The maximum absolute atomic E-state index is 4.29. The Morgan fingerprint density at radius 2 is 1.81 bits per heavy atom. The van der Waals surface area contributed by atoms with E-state index >= 15 is 0 Å². The second-order valence-electron chi connectivity index (χ2n) is 3.77. The topological polar surface area (TPSA) is 37.8 Å². The van der Waals surface area contributed by atoms with Crippen molar-refractivity contribution < 1.29 is 0 Å². The minimum absolute atomic E-state index is 0.761. The van der Waals surface area contributed by atoms with Crippen LogP contribution in [0.2, 0.25) is 0 Å². The summed E-state index contributed by atoms with van der Waals surface area (Å²) < 4.78 is 0. The van der Waals surface area contributed by atoms with Gasteiger partial charge in [-0.3, -0.25) is 4.98 Å². The van der Waals surface area contributed by atoms with Gasteiger partial charge in [0.1, 0.15) is 5.82 Å². The molecule has 0 aliphatic heterocycles. The number of anilines is 1. The number of nitrogens with one attached hydrogen (secondary N) is 1. The first-order valence-corrected chi connectivity index (χ1v) is 5.33. The molecule has 0 bridgehead atoms. The van der Waals surface area contributed by atoms with Crippen molar-refractivity contribution in [3.63, 3.8) is 0 Å². The molecule has 2 rings (SSSR count). The molecule has 0 atom stereocenters. The van der Waals surface area contributed by atoms with E-state index in [2.05, 4.69) is 21.4 Å². The zero-order chi connectivity index (χ0) is 11.4. The molecule has 16 heavy (non-hydrogen) atoms. The van der Waals surface area contributed by atoms with Crippen LogP contribution in [0.5, 0.6) is 0 Å². The summed E-state index contributed by atoms with van der Waals surface area (Å²) in [6.07, 6.45) is 3.61. The Kier molecular flexibility index (Phi) is 3.15. The van der Waals surface area contributed by atoms with Crippen LogP contribution in [-0.4, -0.2) is 9.97 Å². The maximum atomic E-state index is 4.29. The van der Waals surface area contributed by atoms with E-state index in [1.807, 2.05) is 38.2 Å². The van der Waals surface area contributed by atoms with Crippen LogP contribution in [0.1, 0.15) is 16.8 Å². The SMILES string of the molecule is Cc1cccnc1NCc1cccnc1C. The van der Waals surface area contributed by atoms with Crippen LogP contribution in [0.3, 0.4) is 0 Å². The lowest BCUT2D eigenvalue weighted by atomic mass is 10.2. The van der Waals surface area contributed by atoms with Crippen molar-refractivity contribution in [2.75, 3.05) is 5.32 Å². The van der Waals surface area contributed by atoms with Crippen molar-refractivity contribution in [2.24, 2.45) is 0 Å². The van der Waals surface area contributed by atoms with Crippen molar-refractivity contribution in [3.8, 4) is 0 Å². The smallest absolute Gasteiger partial charge is 0.129 e. The average Bonchev–Trinajstić information content (AvgIpc) is 2.30. The molecule has 82 valence electrons. The van der Waals surface area contributed by atoms with Gasteiger partial charge in [-0.2, -0.15) is 0 Å². The summed E-state index contributed by atoms with van der Waals surface area (Å²) in [4.78, 5) is 8.54. The lowest BCUT2D eigenvalue weighted by molar-refractivity contribution is 1.04. The van der Waals surface area contributed by atoms with E-state index in [0.717, 1.165) is 23.6 Å². The highest BCUT2D eigenvalue weighted by molar-refractivity contribution is 5.43. The summed E-state index contributed by atoms with van der Waals surface area (Å²) in [5.41, 5.74) is 3.42. The van der Waals surface area contributed by atoms with Gasteiger partial charge in [-0.1, -0.05) is 12.1 Å². The van der Waals surface area contributed by atoms with Gasteiger partial charge in [0.05, 0.1) is 0 Å². The largest absolute Gasteiger partial charge is 0.366 e. The van der Waals surface area contributed by atoms with Crippen LogP contribution in [0.15, 0.2) is 36.7 Å². The number of aryl methyl sites for hydroxylation is 2. The van der Waals surface area contributed by atoms with Gasteiger partial charge in [-0.25, -0.2) is 4.98 Å². The lowest BCUT2D eigenvalue weighted by Crippen LogP contribution is -2.04. The zero-order valence-corrected chi connectivity index (χ0v) is 9.57. The molecule has 0 aromatic carbocycles. The molecule has 0 fully saturated rings. The molecule has 0 radical (unpaired) electrons. The standard InChI is InChI=1S/C13H15N3/c1-10-5-3-8-15-13(10)16-9-12-6-4-7-14-11(12)2/h3-8H,9H2,1-2H3,(H,15,16). The molecule has 3 nitrogen and oxygen atoms in total. The second-order valence-corrected chi connectivity index (χ2v) is 3.77. The molecule has 0 aliphatic rings. The molecule has 0 amide bonds. The molecule has 0 saturated heterocycles. The van der Waals surface area contributed by atoms with Crippen LogP contribution in [-0.2, 0) is 6.54 Å². The van der Waals surface area contributed by atoms with E-state index in [-0.39, 0.29) is 0 Å². The molecule has 2 aromatic heterocycles. The quantitative estimate of drug-likeness (QED) is 0.851. The van der Waals surface area contributed by atoms with Crippen molar-refractivity contribution in [2.45, 2.75) is 20.4 Å². The van der Waals surface area contributed by atoms with E-state index in [4.69, 9.17) is 0 Å². The highest BCUT2D eigenvalue weighted by Gasteiger charge is 2.00. The average molecular weight is 213 g/mol. The molecular weight excluding hydrogens is 198 g/mol. The molecule has 3 heteroatoms. The van der Waals surface area contributed by atoms with Gasteiger partial charge in [0.15, 0.2) is 0 Å². The molecule has 0 aliphatic carbocycles. The van der Waals surface area contributed by atoms with Gasteiger partial charge < -0.3 is 5.32 Å². The van der Waals surface area contributed by atoms with E-state index in [1.54, 1.807) is 6.20 Å². The maximum Gasteiger partial charge on any atom is 0.129 e. The van der Waals surface area contributed by atoms with Gasteiger partial charge in [-0.15, -0.1) is 0 Å². The fourth-order valence-electron chi connectivity index (χ4n) is 1.55. The fourth-order valence-corrected chi connectivity index (χ4v) is 1.55. The first-order chi connectivity index (χ1) is 7.77. The molecule has 1 N–H and O–H groups in total.